The van der Waals surface area contributed by atoms with E-state index in [-0.39, 0.29) is 18.8 Å². The van der Waals surface area contributed by atoms with Gasteiger partial charge in [-0.1, -0.05) is 12.1 Å². The Balaban J connectivity index is 1.62. The van der Waals surface area contributed by atoms with Gasteiger partial charge in [-0.05, 0) is 52.0 Å². The summed E-state index contributed by atoms with van der Waals surface area (Å²) in [4.78, 5) is 12.9. The number of rotatable bonds is 11. The molecule has 0 unspecified atom stereocenters. The van der Waals surface area contributed by atoms with Crippen LogP contribution in [0.25, 0.3) is 10.9 Å². The van der Waals surface area contributed by atoms with Crippen LogP contribution in [0.15, 0.2) is 54.9 Å². The smallest absolute Gasteiger partial charge is 0.303 e. The van der Waals surface area contributed by atoms with Crippen molar-refractivity contribution < 1.29 is 32.5 Å². The lowest BCUT2D eigenvalue weighted by atomic mass is 9.91. The van der Waals surface area contributed by atoms with Gasteiger partial charge in [-0.3, -0.25) is 4.98 Å². The van der Waals surface area contributed by atoms with E-state index in [0.29, 0.717) is 39.8 Å². The first-order valence-electron chi connectivity index (χ1n) is 12.6. The number of methoxy groups -OCH3 is 1. The van der Waals surface area contributed by atoms with Crippen molar-refractivity contribution in [2.24, 2.45) is 0 Å². The highest BCUT2D eigenvalue weighted by molar-refractivity contribution is 5.92. The van der Waals surface area contributed by atoms with Crippen molar-refractivity contribution in [3.05, 3.63) is 77.6 Å². The number of ether oxygens (including phenoxy) is 3. The maximum absolute atomic E-state index is 15.4. The van der Waals surface area contributed by atoms with E-state index in [2.05, 4.69) is 20.3 Å². The van der Waals surface area contributed by atoms with E-state index in [1.165, 1.54) is 19.2 Å². The highest BCUT2D eigenvalue weighted by Gasteiger charge is 2.49. The molecule has 0 spiro atoms. The van der Waals surface area contributed by atoms with Gasteiger partial charge < -0.3 is 24.6 Å². The predicted octanol–water partition coefficient (Wildman–Crippen LogP) is 5.97. The molecule has 4 aromatic rings. The first-order chi connectivity index (χ1) is 18.9. The third kappa shape index (κ3) is 6.04. The van der Waals surface area contributed by atoms with Crippen molar-refractivity contribution in [2.45, 2.75) is 45.3 Å². The summed E-state index contributed by atoms with van der Waals surface area (Å²) in [7, 11) is 1.51. The Kier molecular flexibility index (Phi) is 8.34. The van der Waals surface area contributed by atoms with Gasteiger partial charge in [0.25, 0.3) is 0 Å². The largest absolute Gasteiger partial charge is 0.493 e. The lowest BCUT2D eigenvalue weighted by molar-refractivity contribution is -0.170. The van der Waals surface area contributed by atoms with Crippen LogP contribution >= 0.6 is 0 Å². The third-order valence-corrected chi connectivity index (χ3v) is 6.31. The summed E-state index contributed by atoms with van der Waals surface area (Å²) in [6, 6.07) is 9.82. The van der Waals surface area contributed by atoms with Gasteiger partial charge >= 0.3 is 5.92 Å². The second kappa shape index (κ2) is 11.5. The van der Waals surface area contributed by atoms with E-state index in [4.69, 9.17) is 14.2 Å². The minimum Gasteiger partial charge on any atom is -0.493 e. The fourth-order valence-electron chi connectivity index (χ4n) is 4.12. The zero-order valence-electron chi connectivity index (χ0n) is 22.8. The Hall–Kier alpha value is -4.12. The van der Waals surface area contributed by atoms with E-state index in [9.17, 15) is 13.9 Å². The molecule has 1 atom stereocenters. The van der Waals surface area contributed by atoms with Crippen LogP contribution < -0.4 is 19.5 Å². The predicted molar refractivity (Wildman–Crippen MR) is 145 cm³/mol. The van der Waals surface area contributed by atoms with Crippen LogP contribution in [0.4, 0.5) is 19.0 Å². The highest BCUT2D eigenvalue weighted by atomic mass is 19.3. The standard InChI is InChI=1S/C29H31F3N4O4/c1-17(20-7-6-8-22(26(20)30)29(31,32)28(3,4)37)34-27-21-15-25(24(38-5)16-23(21)35-18(2)36-27)40-14-13-39-19-9-11-33-12-10-19/h6-12,15-17,37H,13-14H2,1-5H3,(H,34,35,36)/t17-/m1/s1. The molecule has 0 bridgehead atoms. The van der Waals surface area contributed by atoms with Crippen molar-refractivity contribution >= 4 is 16.7 Å². The van der Waals surface area contributed by atoms with Crippen LogP contribution in [-0.2, 0) is 5.92 Å². The SMILES string of the molecule is COc1cc2nc(C)nc(N[C@H](C)c3cccc(C(F)(F)C(C)(C)O)c3F)c2cc1OCCOc1ccncc1. The van der Waals surface area contributed by atoms with Gasteiger partial charge in [0.1, 0.15) is 42.0 Å². The molecule has 4 rings (SSSR count). The Labute approximate surface area is 230 Å². The minimum atomic E-state index is -3.81. The number of hydrogen-bond acceptors (Lipinski definition) is 8. The number of nitrogens with one attached hydrogen (secondary N) is 1. The van der Waals surface area contributed by atoms with Crippen LogP contribution in [0.3, 0.4) is 0 Å². The number of anilines is 1. The van der Waals surface area contributed by atoms with E-state index in [0.717, 1.165) is 19.9 Å². The molecular weight excluding hydrogens is 525 g/mol. The monoisotopic (exact) mass is 556 g/mol. The fourth-order valence-corrected chi connectivity index (χ4v) is 4.12. The van der Waals surface area contributed by atoms with Gasteiger partial charge in [-0.2, -0.15) is 8.78 Å². The van der Waals surface area contributed by atoms with Crippen LogP contribution in [0.1, 0.15) is 43.8 Å². The maximum atomic E-state index is 15.4. The van der Waals surface area contributed by atoms with Crippen molar-refractivity contribution in [2.75, 3.05) is 25.6 Å². The van der Waals surface area contributed by atoms with Crippen LogP contribution in [-0.4, -0.2) is 46.0 Å². The third-order valence-electron chi connectivity index (χ3n) is 6.31. The molecule has 0 aliphatic carbocycles. The average molecular weight is 557 g/mol. The summed E-state index contributed by atoms with van der Waals surface area (Å²) in [5.74, 6) is -2.61. The number of hydrogen-bond donors (Lipinski definition) is 2. The molecule has 0 aliphatic heterocycles. The van der Waals surface area contributed by atoms with Gasteiger partial charge in [0.15, 0.2) is 11.5 Å². The molecule has 2 aromatic heterocycles. The lowest BCUT2D eigenvalue weighted by Gasteiger charge is -2.30. The number of aliphatic hydroxyl groups is 1. The summed E-state index contributed by atoms with van der Waals surface area (Å²) in [5, 5.41) is 13.6. The fraction of sp³-hybridized carbons (Fsp3) is 0.345. The van der Waals surface area contributed by atoms with Gasteiger partial charge in [-0.15, -0.1) is 0 Å². The van der Waals surface area contributed by atoms with Crippen LogP contribution in [0.5, 0.6) is 17.2 Å². The van der Waals surface area contributed by atoms with Crippen molar-refractivity contribution in [3.8, 4) is 17.2 Å². The number of halogens is 3. The topological polar surface area (TPSA) is 98.6 Å². The second-order valence-electron chi connectivity index (χ2n) is 9.73. The molecule has 40 heavy (non-hydrogen) atoms. The molecule has 0 saturated carbocycles. The van der Waals surface area contributed by atoms with Crippen LogP contribution in [0, 0.1) is 12.7 Å². The minimum absolute atomic E-state index is 0.0101. The van der Waals surface area contributed by atoms with Gasteiger partial charge in [0, 0.05) is 29.4 Å². The molecule has 11 heteroatoms. The number of nitrogens with zero attached hydrogens (tertiary/aromatic N) is 3. The number of benzene rings is 2. The number of aromatic nitrogens is 3. The Morgan fingerprint density at radius 2 is 1.70 bits per heavy atom. The highest BCUT2D eigenvalue weighted by Crippen LogP contribution is 2.42. The average Bonchev–Trinajstić information content (AvgIpc) is 2.90. The normalized spacial score (nSPS) is 12.7. The lowest BCUT2D eigenvalue weighted by Crippen LogP contribution is -2.41. The molecular formula is C29H31F3N4O4. The number of aryl methyl sites for hydroxylation is 1. The quantitative estimate of drug-likeness (QED) is 0.218. The zero-order chi connectivity index (χ0) is 29.1. The molecule has 0 saturated heterocycles. The van der Waals surface area contributed by atoms with E-state index in [1.54, 1.807) is 50.5 Å². The first-order valence-corrected chi connectivity index (χ1v) is 12.6. The summed E-state index contributed by atoms with van der Waals surface area (Å²) in [6.07, 6.45) is 3.25. The Bertz CT molecular complexity index is 1480. The van der Waals surface area contributed by atoms with Gasteiger partial charge in [-0.25, -0.2) is 14.4 Å². The van der Waals surface area contributed by atoms with E-state index in [1.807, 2.05) is 0 Å². The van der Waals surface area contributed by atoms with Crippen LogP contribution in [0.2, 0.25) is 0 Å². The summed E-state index contributed by atoms with van der Waals surface area (Å²) in [5.41, 5.74) is -2.81. The molecule has 0 aliphatic rings. The maximum Gasteiger partial charge on any atom is 0.303 e. The van der Waals surface area contributed by atoms with Gasteiger partial charge in [0.2, 0.25) is 0 Å². The molecule has 0 fully saturated rings. The Morgan fingerprint density at radius 3 is 2.38 bits per heavy atom. The van der Waals surface area contributed by atoms with E-state index < -0.39 is 28.9 Å². The molecule has 2 N–H and O–H groups in total. The number of alkyl halides is 2. The van der Waals surface area contributed by atoms with Crippen molar-refractivity contribution in [1.29, 1.82) is 0 Å². The number of fused-ring (bicyclic) bond motifs is 1. The van der Waals surface area contributed by atoms with Crippen molar-refractivity contribution in [3.63, 3.8) is 0 Å². The molecule has 212 valence electrons. The summed E-state index contributed by atoms with van der Waals surface area (Å²) < 4.78 is 62.1. The van der Waals surface area contributed by atoms with Gasteiger partial charge in [0.05, 0.1) is 24.2 Å². The zero-order valence-corrected chi connectivity index (χ0v) is 22.8. The molecule has 0 amide bonds. The molecule has 8 nitrogen and oxygen atoms in total. The summed E-state index contributed by atoms with van der Waals surface area (Å²) in [6.45, 7) is 5.69. The molecule has 2 aromatic carbocycles. The molecule has 0 radical (unpaired) electrons. The Morgan fingerprint density at radius 1 is 1.00 bits per heavy atom. The van der Waals surface area contributed by atoms with E-state index >= 15 is 4.39 Å². The summed E-state index contributed by atoms with van der Waals surface area (Å²) >= 11 is 0. The second-order valence-corrected chi connectivity index (χ2v) is 9.73. The number of pyridine rings is 1. The van der Waals surface area contributed by atoms with Crippen molar-refractivity contribution in [1.82, 2.24) is 15.0 Å². The molecule has 2 heterocycles. The first kappa shape index (κ1) is 28.9.